The SMILES string of the molecule is Cc1cccc2c1oc1c(C)ccc(Cl)c12. The molecule has 3 rings (SSSR count). The molecule has 0 radical (unpaired) electrons. The number of fused-ring (bicyclic) bond motifs is 3. The average Bonchev–Trinajstić information content (AvgIpc) is 2.66. The van der Waals surface area contributed by atoms with Crippen molar-refractivity contribution >= 4 is 33.5 Å². The van der Waals surface area contributed by atoms with Crippen LogP contribution in [0.2, 0.25) is 5.02 Å². The van der Waals surface area contributed by atoms with Gasteiger partial charge in [-0.1, -0.05) is 35.9 Å². The number of halogens is 1. The molecule has 0 saturated heterocycles. The third kappa shape index (κ3) is 1.18. The van der Waals surface area contributed by atoms with Crippen molar-refractivity contribution in [2.75, 3.05) is 0 Å². The van der Waals surface area contributed by atoms with Gasteiger partial charge >= 0.3 is 0 Å². The summed E-state index contributed by atoms with van der Waals surface area (Å²) in [5, 5.41) is 2.88. The van der Waals surface area contributed by atoms with Crippen LogP contribution in [0.1, 0.15) is 11.1 Å². The number of hydrogen-bond acceptors (Lipinski definition) is 1. The summed E-state index contributed by atoms with van der Waals surface area (Å²) < 4.78 is 5.91. The van der Waals surface area contributed by atoms with Crippen LogP contribution < -0.4 is 0 Å². The standard InChI is InChI=1S/C14H11ClO/c1-8-4-3-5-10-12-11(15)7-6-9(2)14(12)16-13(8)10/h3-7H,1-2H3. The molecule has 1 heterocycles. The predicted molar refractivity (Wildman–Crippen MR) is 68.2 cm³/mol. The molecule has 1 aromatic heterocycles. The molecule has 0 unspecified atom stereocenters. The zero-order valence-electron chi connectivity index (χ0n) is 9.17. The van der Waals surface area contributed by atoms with E-state index in [-0.39, 0.29) is 0 Å². The lowest BCUT2D eigenvalue weighted by molar-refractivity contribution is 0.663. The highest BCUT2D eigenvalue weighted by molar-refractivity contribution is 6.37. The minimum atomic E-state index is 0.755. The second-order valence-electron chi connectivity index (χ2n) is 4.12. The van der Waals surface area contributed by atoms with Gasteiger partial charge in [-0.2, -0.15) is 0 Å². The Bertz CT molecular complexity index is 695. The molecule has 0 amide bonds. The molecule has 0 atom stereocenters. The monoisotopic (exact) mass is 230 g/mol. The fourth-order valence-electron chi connectivity index (χ4n) is 2.13. The second-order valence-corrected chi connectivity index (χ2v) is 4.53. The van der Waals surface area contributed by atoms with Crippen LogP contribution in [-0.2, 0) is 0 Å². The molecular formula is C14H11ClO. The maximum absolute atomic E-state index is 6.24. The van der Waals surface area contributed by atoms with E-state index in [1.807, 2.05) is 38.1 Å². The van der Waals surface area contributed by atoms with Crippen LogP contribution >= 0.6 is 11.6 Å². The van der Waals surface area contributed by atoms with E-state index in [0.717, 1.165) is 38.1 Å². The molecule has 0 saturated carbocycles. The second kappa shape index (κ2) is 3.26. The molecule has 3 aromatic rings. The largest absolute Gasteiger partial charge is 0.455 e. The Labute approximate surface area is 98.6 Å². The highest BCUT2D eigenvalue weighted by atomic mass is 35.5. The summed E-state index contributed by atoms with van der Waals surface area (Å²) >= 11 is 6.24. The van der Waals surface area contributed by atoms with Gasteiger partial charge in [0, 0.05) is 10.8 Å². The number of para-hydroxylation sites is 1. The van der Waals surface area contributed by atoms with Gasteiger partial charge in [-0.3, -0.25) is 0 Å². The Hall–Kier alpha value is -1.47. The normalized spacial score (nSPS) is 11.4. The van der Waals surface area contributed by atoms with Crippen molar-refractivity contribution < 1.29 is 4.42 Å². The summed E-state index contributed by atoms with van der Waals surface area (Å²) in [6.45, 7) is 4.09. The van der Waals surface area contributed by atoms with Crippen LogP contribution in [0.25, 0.3) is 21.9 Å². The first-order chi connectivity index (χ1) is 7.68. The molecule has 2 aromatic carbocycles. The van der Waals surface area contributed by atoms with Crippen molar-refractivity contribution in [1.82, 2.24) is 0 Å². The van der Waals surface area contributed by atoms with E-state index in [4.69, 9.17) is 16.0 Å². The smallest absolute Gasteiger partial charge is 0.139 e. The Balaban J connectivity index is 2.66. The summed E-state index contributed by atoms with van der Waals surface area (Å²) in [5.74, 6) is 0. The minimum Gasteiger partial charge on any atom is -0.455 e. The van der Waals surface area contributed by atoms with Gasteiger partial charge in [-0.25, -0.2) is 0 Å². The van der Waals surface area contributed by atoms with Gasteiger partial charge < -0.3 is 4.42 Å². The van der Waals surface area contributed by atoms with Crippen LogP contribution in [0, 0.1) is 13.8 Å². The molecule has 80 valence electrons. The lowest BCUT2D eigenvalue weighted by Crippen LogP contribution is -1.74. The van der Waals surface area contributed by atoms with E-state index in [1.165, 1.54) is 0 Å². The van der Waals surface area contributed by atoms with Crippen molar-refractivity contribution in [3.05, 3.63) is 46.5 Å². The van der Waals surface area contributed by atoms with Gasteiger partial charge in [0.25, 0.3) is 0 Å². The lowest BCUT2D eigenvalue weighted by atomic mass is 10.1. The van der Waals surface area contributed by atoms with E-state index in [9.17, 15) is 0 Å². The van der Waals surface area contributed by atoms with E-state index in [0.29, 0.717) is 0 Å². The predicted octanol–water partition coefficient (Wildman–Crippen LogP) is 4.86. The van der Waals surface area contributed by atoms with Gasteiger partial charge in [0.2, 0.25) is 0 Å². The molecule has 2 heteroatoms. The summed E-state index contributed by atoms with van der Waals surface area (Å²) in [5.41, 5.74) is 4.10. The van der Waals surface area contributed by atoms with Crippen LogP contribution in [0.15, 0.2) is 34.7 Å². The molecule has 0 aliphatic rings. The Kier molecular flexibility index (Phi) is 1.98. The van der Waals surface area contributed by atoms with Crippen LogP contribution in [0.4, 0.5) is 0 Å². The van der Waals surface area contributed by atoms with Crippen molar-refractivity contribution in [2.24, 2.45) is 0 Å². The first-order valence-electron chi connectivity index (χ1n) is 5.25. The Morgan fingerprint density at radius 2 is 1.69 bits per heavy atom. The van der Waals surface area contributed by atoms with Crippen molar-refractivity contribution in [1.29, 1.82) is 0 Å². The number of rotatable bonds is 0. The van der Waals surface area contributed by atoms with Gasteiger partial charge in [0.15, 0.2) is 0 Å². The number of hydrogen-bond donors (Lipinski definition) is 0. The molecule has 0 spiro atoms. The number of aryl methyl sites for hydroxylation is 2. The third-order valence-corrected chi connectivity index (χ3v) is 3.30. The fraction of sp³-hybridized carbons (Fsp3) is 0.143. The first-order valence-corrected chi connectivity index (χ1v) is 5.63. The Morgan fingerprint density at radius 1 is 0.938 bits per heavy atom. The highest BCUT2D eigenvalue weighted by Gasteiger charge is 2.12. The van der Waals surface area contributed by atoms with Gasteiger partial charge in [0.05, 0.1) is 5.02 Å². The zero-order chi connectivity index (χ0) is 11.3. The Morgan fingerprint density at radius 3 is 2.50 bits per heavy atom. The molecule has 0 aliphatic heterocycles. The maximum atomic E-state index is 6.24. The van der Waals surface area contributed by atoms with Crippen LogP contribution in [0.5, 0.6) is 0 Å². The van der Waals surface area contributed by atoms with E-state index in [1.54, 1.807) is 0 Å². The zero-order valence-corrected chi connectivity index (χ0v) is 9.93. The summed E-state index contributed by atoms with van der Waals surface area (Å²) in [4.78, 5) is 0. The van der Waals surface area contributed by atoms with Gasteiger partial charge in [-0.05, 0) is 31.0 Å². The third-order valence-electron chi connectivity index (χ3n) is 2.99. The molecule has 1 nitrogen and oxygen atoms in total. The highest BCUT2D eigenvalue weighted by Crippen LogP contribution is 2.36. The minimum absolute atomic E-state index is 0.755. The summed E-state index contributed by atoms with van der Waals surface area (Å²) in [6, 6.07) is 10.1. The van der Waals surface area contributed by atoms with Crippen molar-refractivity contribution in [3.8, 4) is 0 Å². The van der Waals surface area contributed by atoms with Crippen molar-refractivity contribution in [2.45, 2.75) is 13.8 Å². The average molecular weight is 231 g/mol. The first kappa shape index (κ1) is 9.73. The van der Waals surface area contributed by atoms with E-state index >= 15 is 0 Å². The number of furan rings is 1. The summed E-state index contributed by atoms with van der Waals surface area (Å²) in [7, 11) is 0. The van der Waals surface area contributed by atoms with Gasteiger partial charge in [-0.15, -0.1) is 0 Å². The van der Waals surface area contributed by atoms with Crippen LogP contribution in [0.3, 0.4) is 0 Å². The fourth-order valence-corrected chi connectivity index (χ4v) is 2.38. The topological polar surface area (TPSA) is 13.1 Å². The molecule has 0 aliphatic carbocycles. The molecule has 0 bridgehead atoms. The molecular weight excluding hydrogens is 220 g/mol. The van der Waals surface area contributed by atoms with E-state index in [2.05, 4.69) is 6.07 Å². The van der Waals surface area contributed by atoms with Crippen molar-refractivity contribution in [3.63, 3.8) is 0 Å². The summed E-state index contributed by atoms with van der Waals surface area (Å²) in [6.07, 6.45) is 0. The molecule has 0 fully saturated rings. The quantitative estimate of drug-likeness (QED) is 0.538. The lowest BCUT2D eigenvalue weighted by Gasteiger charge is -1.96. The van der Waals surface area contributed by atoms with Crippen LogP contribution in [-0.4, -0.2) is 0 Å². The van der Waals surface area contributed by atoms with E-state index < -0.39 is 0 Å². The maximum Gasteiger partial charge on any atom is 0.139 e. The van der Waals surface area contributed by atoms with Gasteiger partial charge in [0.1, 0.15) is 11.2 Å². The number of benzene rings is 2. The molecule has 0 N–H and O–H groups in total. The molecule has 16 heavy (non-hydrogen) atoms.